The van der Waals surface area contributed by atoms with Crippen LogP contribution in [0.3, 0.4) is 0 Å². The van der Waals surface area contributed by atoms with E-state index in [1.54, 1.807) is 30.6 Å². The van der Waals surface area contributed by atoms with Crippen molar-refractivity contribution in [1.82, 2.24) is 4.98 Å². The fourth-order valence-corrected chi connectivity index (χ4v) is 3.42. The van der Waals surface area contributed by atoms with Gasteiger partial charge in [-0.3, -0.25) is 4.98 Å². The number of azo groups is 1. The summed E-state index contributed by atoms with van der Waals surface area (Å²) in [5.74, 6) is 0. The summed E-state index contributed by atoms with van der Waals surface area (Å²) in [4.78, 5) is 2.86. The van der Waals surface area contributed by atoms with Gasteiger partial charge < -0.3 is 0 Å². The van der Waals surface area contributed by atoms with Gasteiger partial charge in [0.05, 0.1) is 10.0 Å². The summed E-state index contributed by atoms with van der Waals surface area (Å²) >= 11 is 25.1. The molecule has 2 aromatic carbocycles. The lowest BCUT2D eigenvalue weighted by Gasteiger charge is -2.22. The molecule has 0 saturated heterocycles. The van der Waals surface area contributed by atoms with Crippen molar-refractivity contribution in [3.8, 4) is 0 Å². The summed E-state index contributed by atoms with van der Waals surface area (Å²) in [6.45, 7) is 0. The van der Waals surface area contributed by atoms with Gasteiger partial charge in [0, 0.05) is 28.5 Å². The van der Waals surface area contributed by atoms with E-state index in [-0.39, 0.29) is 0 Å². The van der Waals surface area contributed by atoms with Gasteiger partial charge in [-0.2, -0.15) is 10.2 Å². The van der Waals surface area contributed by atoms with Crippen molar-refractivity contribution in [1.29, 1.82) is 0 Å². The number of aromatic nitrogens is 1. The molecule has 1 heterocycles. The Bertz CT molecular complexity index is 836. The Kier molecular flexibility index (Phi) is 5.60. The quantitative estimate of drug-likeness (QED) is 0.253. The number of rotatable bonds is 4. The Labute approximate surface area is 165 Å². The van der Waals surface area contributed by atoms with Gasteiger partial charge >= 0.3 is 0 Å². The average Bonchev–Trinajstić information content (AvgIpc) is 2.62. The van der Waals surface area contributed by atoms with E-state index in [0.717, 1.165) is 5.56 Å². The van der Waals surface area contributed by atoms with Crippen LogP contribution in [0, 0.1) is 0 Å². The highest BCUT2D eigenvalue weighted by Crippen LogP contribution is 2.42. The molecule has 0 bridgehead atoms. The number of hydrogen-bond acceptors (Lipinski definition) is 3. The molecule has 0 saturated carbocycles. The molecule has 7 heteroatoms. The molecule has 126 valence electrons. The average molecular weight is 411 g/mol. The lowest BCUT2D eigenvalue weighted by atomic mass is 10.0. The third kappa shape index (κ3) is 3.96. The molecule has 1 aromatic heterocycles. The smallest absolute Gasteiger partial charge is 0.206 e. The van der Waals surface area contributed by atoms with Crippen LogP contribution in [-0.2, 0) is 5.00 Å². The zero-order chi connectivity index (χ0) is 17.9. The molecule has 25 heavy (non-hydrogen) atoms. The maximum atomic E-state index is 6.86. The standard InChI is InChI=1S/C18H11Cl4N3/c19-14-9-15(20)17(16(21)10-14)24-25-18(22,12-5-2-1-3-6-12)13-7-4-8-23-11-13/h1-11H. The molecule has 0 aliphatic carbocycles. The molecule has 1 unspecified atom stereocenters. The Hall–Kier alpha value is -1.65. The first-order valence-corrected chi connectivity index (χ1v) is 8.74. The van der Waals surface area contributed by atoms with Gasteiger partial charge in [0.25, 0.3) is 0 Å². The van der Waals surface area contributed by atoms with Crippen LogP contribution in [0.2, 0.25) is 15.1 Å². The van der Waals surface area contributed by atoms with Crippen LogP contribution in [-0.4, -0.2) is 4.98 Å². The minimum Gasteiger partial charge on any atom is -0.264 e. The van der Waals surface area contributed by atoms with E-state index in [4.69, 9.17) is 46.4 Å². The van der Waals surface area contributed by atoms with Crippen molar-refractivity contribution in [3.05, 3.63) is 93.2 Å². The number of alkyl halides is 1. The number of nitrogens with zero attached hydrogens (tertiary/aromatic N) is 3. The van der Waals surface area contributed by atoms with Crippen molar-refractivity contribution < 1.29 is 0 Å². The molecule has 0 amide bonds. The number of benzene rings is 2. The summed E-state index contributed by atoms with van der Waals surface area (Å²) in [5, 5.41) is 9.57. The lowest BCUT2D eigenvalue weighted by Crippen LogP contribution is -2.17. The molecule has 0 radical (unpaired) electrons. The third-order valence-electron chi connectivity index (χ3n) is 3.47. The summed E-state index contributed by atoms with van der Waals surface area (Å²) in [7, 11) is 0. The summed E-state index contributed by atoms with van der Waals surface area (Å²) < 4.78 is 0. The fraction of sp³-hybridized carbons (Fsp3) is 0.0556. The van der Waals surface area contributed by atoms with Crippen molar-refractivity contribution in [2.45, 2.75) is 5.00 Å². The van der Waals surface area contributed by atoms with E-state index in [1.165, 1.54) is 0 Å². The molecular formula is C18H11Cl4N3. The van der Waals surface area contributed by atoms with Crippen LogP contribution in [0.15, 0.2) is 77.2 Å². The number of hydrogen-bond donors (Lipinski definition) is 0. The van der Waals surface area contributed by atoms with Gasteiger partial charge in [-0.25, -0.2) is 0 Å². The molecule has 3 nitrogen and oxygen atoms in total. The van der Waals surface area contributed by atoms with Gasteiger partial charge in [0.1, 0.15) is 5.69 Å². The molecule has 1 atom stereocenters. The Balaban J connectivity index is 2.11. The minimum absolute atomic E-state index is 0.291. The van der Waals surface area contributed by atoms with Gasteiger partial charge in [0.15, 0.2) is 0 Å². The van der Waals surface area contributed by atoms with Crippen molar-refractivity contribution in [3.63, 3.8) is 0 Å². The monoisotopic (exact) mass is 409 g/mol. The van der Waals surface area contributed by atoms with Gasteiger partial charge in [-0.15, -0.1) is 0 Å². The van der Waals surface area contributed by atoms with Crippen LogP contribution in [0.1, 0.15) is 11.1 Å². The Morgan fingerprint density at radius 2 is 1.48 bits per heavy atom. The first kappa shape index (κ1) is 18.2. The van der Waals surface area contributed by atoms with Crippen LogP contribution >= 0.6 is 46.4 Å². The normalized spacial score (nSPS) is 13.8. The topological polar surface area (TPSA) is 37.6 Å². The van der Waals surface area contributed by atoms with Crippen molar-refractivity contribution in [2.24, 2.45) is 10.2 Å². The Morgan fingerprint density at radius 3 is 2.08 bits per heavy atom. The molecule has 0 aliphatic heterocycles. The lowest BCUT2D eigenvalue weighted by molar-refractivity contribution is 0.721. The third-order valence-corrected chi connectivity index (χ3v) is 4.78. The van der Waals surface area contributed by atoms with E-state index in [2.05, 4.69) is 15.2 Å². The highest BCUT2D eigenvalue weighted by molar-refractivity contribution is 6.41. The zero-order valence-corrected chi connectivity index (χ0v) is 15.7. The predicted octanol–water partition coefficient (Wildman–Crippen LogP) is 7.27. The molecule has 0 N–H and O–H groups in total. The van der Waals surface area contributed by atoms with E-state index in [1.807, 2.05) is 36.4 Å². The second-order valence-corrected chi connectivity index (χ2v) is 6.95. The number of halogens is 4. The summed E-state index contributed by atoms with van der Waals surface area (Å²) in [6, 6.07) is 16.1. The van der Waals surface area contributed by atoms with Crippen molar-refractivity contribution in [2.75, 3.05) is 0 Å². The molecule has 3 rings (SSSR count). The summed E-state index contributed by atoms with van der Waals surface area (Å²) in [6.07, 6.45) is 3.31. The molecule has 0 spiro atoms. The van der Waals surface area contributed by atoms with Gasteiger partial charge in [-0.05, 0) is 18.2 Å². The Morgan fingerprint density at radius 1 is 0.840 bits per heavy atom. The molecule has 3 aromatic rings. The largest absolute Gasteiger partial charge is 0.264 e. The van der Waals surface area contributed by atoms with E-state index < -0.39 is 5.00 Å². The van der Waals surface area contributed by atoms with Crippen LogP contribution in [0.5, 0.6) is 0 Å². The van der Waals surface area contributed by atoms with Gasteiger partial charge in [0.2, 0.25) is 5.00 Å². The maximum absolute atomic E-state index is 6.86. The first-order valence-electron chi connectivity index (χ1n) is 7.23. The number of pyridine rings is 1. The second-order valence-electron chi connectivity index (χ2n) is 5.15. The zero-order valence-electron chi connectivity index (χ0n) is 12.7. The van der Waals surface area contributed by atoms with Crippen LogP contribution < -0.4 is 0 Å². The van der Waals surface area contributed by atoms with Crippen LogP contribution in [0.25, 0.3) is 0 Å². The highest BCUT2D eigenvalue weighted by atomic mass is 35.5. The van der Waals surface area contributed by atoms with Crippen molar-refractivity contribution >= 4 is 52.1 Å². The van der Waals surface area contributed by atoms with Crippen LogP contribution in [0.4, 0.5) is 5.69 Å². The molecule has 0 fully saturated rings. The molecular weight excluding hydrogens is 400 g/mol. The SMILES string of the molecule is Clc1cc(Cl)c(N=NC(Cl)(c2ccccc2)c2cccnc2)c(Cl)c1. The first-order chi connectivity index (χ1) is 12.0. The second kappa shape index (κ2) is 7.71. The fourth-order valence-electron chi connectivity index (χ4n) is 2.25. The maximum Gasteiger partial charge on any atom is 0.206 e. The highest BCUT2D eigenvalue weighted by Gasteiger charge is 2.32. The predicted molar refractivity (Wildman–Crippen MR) is 103 cm³/mol. The molecule has 0 aliphatic rings. The van der Waals surface area contributed by atoms with E-state index >= 15 is 0 Å². The minimum atomic E-state index is -1.26. The van der Waals surface area contributed by atoms with E-state index in [9.17, 15) is 0 Å². The van der Waals surface area contributed by atoms with E-state index in [0.29, 0.717) is 26.3 Å². The van der Waals surface area contributed by atoms with Gasteiger partial charge in [-0.1, -0.05) is 82.8 Å². The summed E-state index contributed by atoms with van der Waals surface area (Å²) in [5.41, 5.74) is 1.72.